The second-order valence-electron chi connectivity index (χ2n) is 5.71. The van der Waals surface area contributed by atoms with Crippen LogP contribution in [-0.4, -0.2) is 54.4 Å². The summed E-state index contributed by atoms with van der Waals surface area (Å²) in [6, 6.07) is -0.106. The van der Waals surface area contributed by atoms with Crippen molar-refractivity contribution in [2.75, 3.05) is 25.2 Å². The zero-order chi connectivity index (χ0) is 16.5. The van der Waals surface area contributed by atoms with Crippen molar-refractivity contribution in [3.8, 4) is 0 Å². The van der Waals surface area contributed by atoms with Gasteiger partial charge in [-0.3, -0.25) is 4.68 Å². The lowest BCUT2D eigenvalue weighted by molar-refractivity contribution is 0.114. The van der Waals surface area contributed by atoms with E-state index in [1.165, 1.54) is 4.90 Å². The average Bonchev–Trinajstić information content (AvgIpc) is 2.92. The molecule has 1 atom stereocenters. The number of ether oxygens (including phenoxy) is 1. The van der Waals surface area contributed by atoms with Gasteiger partial charge in [-0.1, -0.05) is 0 Å². The molecule has 7 nitrogen and oxygen atoms in total. The third kappa shape index (κ3) is 3.43. The van der Waals surface area contributed by atoms with E-state index < -0.39 is 9.84 Å². The monoisotopic (exact) mass is 329 g/mol. The predicted molar refractivity (Wildman–Crippen MR) is 82.5 cm³/mol. The van der Waals surface area contributed by atoms with E-state index >= 15 is 0 Å². The van der Waals surface area contributed by atoms with Crippen LogP contribution in [0.3, 0.4) is 0 Å². The molecule has 0 N–H and O–H groups in total. The fourth-order valence-corrected chi connectivity index (χ4v) is 4.48. The molecule has 2 heterocycles. The Morgan fingerprint density at radius 3 is 2.68 bits per heavy atom. The highest BCUT2D eigenvalue weighted by Crippen LogP contribution is 2.27. The van der Waals surface area contributed by atoms with Crippen LogP contribution in [0.4, 0.5) is 4.79 Å². The van der Waals surface area contributed by atoms with Crippen LogP contribution < -0.4 is 0 Å². The van der Waals surface area contributed by atoms with Crippen LogP contribution in [-0.2, 0) is 21.1 Å². The minimum atomic E-state index is -2.95. The molecule has 0 aromatic carbocycles. The van der Waals surface area contributed by atoms with Gasteiger partial charge in [0.2, 0.25) is 0 Å². The van der Waals surface area contributed by atoms with Crippen LogP contribution in [0.2, 0.25) is 0 Å². The molecule has 0 saturated carbocycles. The van der Waals surface area contributed by atoms with Gasteiger partial charge in [0, 0.05) is 18.3 Å². The van der Waals surface area contributed by atoms with Crippen molar-refractivity contribution >= 4 is 15.9 Å². The molecular weight excluding hydrogens is 306 g/mol. The van der Waals surface area contributed by atoms with E-state index in [9.17, 15) is 13.2 Å². The lowest BCUT2D eigenvalue weighted by Gasteiger charge is -2.17. The zero-order valence-electron chi connectivity index (χ0n) is 13.5. The van der Waals surface area contributed by atoms with Crippen molar-refractivity contribution in [1.29, 1.82) is 0 Å². The number of nitrogens with zero attached hydrogens (tertiary/aromatic N) is 3. The number of carbonyl (C=O) groups excluding carboxylic acids is 1. The summed E-state index contributed by atoms with van der Waals surface area (Å²) in [5.74, 6) is 0.357. The predicted octanol–water partition coefficient (Wildman–Crippen LogP) is 1.45. The number of amides is 1. The third-order valence-electron chi connectivity index (χ3n) is 4.00. The molecule has 0 spiro atoms. The molecule has 1 fully saturated rings. The number of sulfone groups is 1. The fourth-order valence-electron chi connectivity index (χ4n) is 2.79. The Labute approximate surface area is 131 Å². The van der Waals surface area contributed by atoms with Crippen molar-refractivity contribution in [1.82, 2.24) is 14.7 Å². The minimum absolute atomic E-state index is 0.106. The van der Waals surface area contributed by atoms with Crippen molar-refractivity contribution < 1.29 is 17.9 Å². The number of hydrogen-bond acceptors (Lipinski definition) is 5. The molecule has 1 aromatic heterocycles. The van der Waals surface area contributed by atoms with Crippen molar-refractivity contribution in [2.45, 2.75) is 39.8 Å². The molecule has 1 amide bonds. The Kier molecular flexibility index (Phi) is 4.79. The molecular formula is C14H23N3O4S. The highest BCUT2D eigenvalue weighted by atomic mass is 32.2. The standard InChI is InChI=1S/C14H23N3O4S/c1-5-21-14(18)16(4)8-13-10(2)15-17(11(13)3)12-6-7-22(19,20)9-12/h12H,5-9H2,1-4H3/t12-/m0/s1. The molecule has 1 aromatic rings. The maximum Gasteiger partial charge on any atom is 0.409 e. The summed E-state index contributed by atoms with van der Waals surface area (Å²) in [6.45, 7) is 6.29. The van der Waals surface area contributed by atoms with Gasteiger partial charge in [-0.15, -0.1) is 0 Å². The Morgan fingerprint density at radius 1 is 1.45 bits per heavy atom. The van der Waals surface area contributed by atoms with E-state index in [-0.39, 0.29) is 23.6 Å². The summed E-state index contributed by atoms with van der Waals surface area (Å²) in [6.07, 6.45) is 0.217. The van der Waals surface area contributed by atoms with E-state index in [4.69, 9.17) is 4.74 Å². The molecule has 8 heteroatoms. The molecule has 0 unspecified atom stereocenters. The van der Waals surface area contributed by atoms with E-state index in [0.29, 0.717) is 19.6 Å². The highest BCUT2D eigenvalue weighted by Gasteiger charge is 2.31. The number of aromatic nitrogens is 2. The van der Waals surface area contributed by atoms with Crippen molar-refractivity contribution in [2.24, 2.45) is 0 Å². The van der Waals surface area contributed by atoms with E-state index in [1.54, 1.807) is 18.7 Å². The first-order valence-corrected chi connectivity index (χ1v) is 9.20. The normalized spacial score (nSPS) is 20.1. The second kappa shape index (κ2) is 6.28. The van der Waals surface area contributed by atoms with Gasteiger partial charge in [0.15, 0.2) is 9.84 Å². The molecule has 1 saturated heterocycles. The molecule has 2 rings (SSSR count). The molecule has 1 aliphatic rings. The van der Waals surface area contributed by atoms with E-state index in [1.807, 2.05) is 13.8 Å². The number of aryl methyl sites for hydroxylation is 1. The number of hydrogen-bond donors (Lipinski definition) is 0. The van der Waals surface area contributed by atoms with E-state index in [0.717, 1.165) is 17.0 Å². The molecule has 0 bridgehead atoms. The maximum absolute atomic E-state index is 11.7. The molecule has 124 valence electrons. The molecule has 1 aliphatic heterocycles. The smallest absolute Gasteiger partial charge is 0.409 e. The van der Waals surface area contributed by atoms with Crippen molar-refractivity contribution in [3.63, 3.8) is 0 Å². The quantitative estimate of drug-likeness (QED) is 0.835. The topological polar surface area (TPSA) is 81.5 Å². The van der Waals surface area contributed by atoms with Crippen LogP contribution in [0, 0.1) is 13.8 Å². The van der Waals surface area contributed by atoms with Gasteiger partial charge in [0.25, 0.3) is 0 Å². The Hall–Kier alpha value is -1.57. The van der Waals surface area contributed by atoms with Gasteiger partial charge in [0.05, 0.1) is 36.4 Å². The molecule has 0 radical (unpaired) electrons. The van der Waals surface area contributed by atoms with Crippen LogP contribution >= 0.6 is 0 Å². The van der Waals surface area contributed by atoms with Crippen LogP contribution in [0.5, 0.6) is 0 Å². The summed E-state index contributed by atoms with van der Waals surface area (Å²) in [4.78, 5) is 13.2. The average molecular weight is 329 g/mol. The SMILES string of the molecule is CCOC(=O)N(C)Cc1c(C)nn([C@H]2CCS(=O)(=O)C2)c1C. The highest BCUT2D eigenvalue weighted by molar-refractivity contribution is 7.91. The van der Waals surface area contributed by atoms with Gasteiger partial charge in [-0.2, -0.15) is 5.10 Å². The number of carbonyl (C=O) groups is 1. The summed E-state index contributed by atoms with van der Waals surface area (Å²) < 4.78 is 30.1. The van der Waals surface area contributed by atoms with Gasteiger partial charge >= 0.3 is 6.09 Å². The van der Waals surface area contributed by atoms with Crippen LogP contribution in [0.15, 0.2) is 0 Å². The summed E-state index contributed by atoms with van der Waals surface area (Å²) in [5, 5.41) is 4.49. The van der Waals surface area contributed by atoms with Gasteiger partial charge in [-0.25, -0.2) is 13.2 Å². The summed E-state index contributed by atoms with van der Waals surface area (Å²) in [7, 11) is -1.28. The number of rotatable bonds is 4. The van der Waals surface area contributed by atoms with Crippen molar-refractivity contribution in [3.05, 3.63) is 17.0 Å². The lowest BCUT2D eigenvalue weighted by atomic mass is 10.2. The summed E-state index contributed by atoms with van der Waals surface area (Å²) in [5.41, 5.74) is 2.67. The first kappa shape index (κ1) is 16.8. The first-order chi connectivity index (χ1) is 10.2. The van der Waals surface area contributed by atoms with Crippen LogP contribution in [0.25, 0.3) is 0 Å². The molecule has 0 aliphatic carbocycles. The van der Waals surface area contributed by atoms with Gasteiger partial charge in [-0.05, 0) is 27.2 Å². The largest absolute Gasteiger partial charge is 0.450 e. The third-order valence-corrected chi connectivity index (χ3v) is 5.75. The fraction of sp³-hybridized carbons (Fsp3) is 0.714. The zero-order valence-corrected chi connectivity index (χ0v) is 14.3. The second-order valence-corrected chi connectivity index (χ2v) is 7.93. The Bertz CT molecular complexity index is 666. The summed E-state index contributed by atoms with van der Waals surface area (Å²) >= 11 is 0. The van der Waals surface area contributed by atoms with Crippen LogP contribution in [0.1, 0.15) is 36.3 Å². The Balaban J connectivity index is 2.19. The minimum Gasteiger partial charge on any atom is -0.450 e. The Morgan fingerprint density at radius 2 is 2.14 bits per heavy atom. The van der Waals surface area contributed by atoms with E-state index in [2.05, 4.69) is 5.10 Å². The molecule has 22 heavy (non-hydrogen) atoms. The maximum atomic E-state index is 11.7. The lowest BCUT2D eigenvalue weighted by Crippen LogP contribution is -2.27. The first-order valence-electron chi connectivity index (χ1n) is 7.38. The van der Waals surface area contributed by atoms with Gasteiger partial charge in [0.1, 0.15) is 0 Å². The van der Waals surface area contributed by atoms with Gasteiger partial charge < -0.3 is 9.64 Å².